The summed E-state index contributed by atoms with van der Waals surface area (Å²) in [6.45, 7) is -0.188. The monoisotopic (exact) mass is 387 g/mol. The van der Waals surface area contributed by atoms with Crippen LogP contribution in [0.1, 0.15) is 18.4 Å². The van der Waals surface area contributed by atoms with Gasteiger partial charge in [-0.05, 0) is 36.6 Å². The van der Waals surface area contributed by atoms with E-state index in [2.05, 4.69) is 24.6 Å². The Morgan fingerprint density at radius 3 is 2.89 bits per heavy atom. The second-order valence-corrected chi connectivity index (χ2v) is 8.51. The van der Waals surface area contributed by atoms with Crippen molar-refractivity contribution in [3.63, 3.8) is 0 Å². The van der Waals surface area contributed by atoms with Crippen LogP contribution in [0.3, 0.4) is 0 Å². The molecule has 4 rings (SSSR count). The molecule has 0 unspecified atom stereocenters. The van der Waals surface area contributed by atoms with Gasteiger partial charge in [-0.1, -0.05) is 12.1 Å². The zero-order valence-electron chi connectivity index (χ0n) is 14.8. The number of aromatic nitrogens is 3. The van der Waals surface area contributed by atoms with E-state index < -0.39 is 10.0 Å². The summed E-state index contributed by atoms with van der Waals surface area (Å²) in [4.78, 5) is 13.9. The van der Waals surface area contributed by atoms with Crippen LogP contribution in [0, 0.1) is 0 Å². The Balaban J connectivity index is 1.42. The lowest BCUT2D eigenvalue weighted by Crippen LogP contribution is -2.53. The molecule has 142 valence electrons. The Bertz CT molecular complexity index is 1060. The molecule has 1 aliphatic rings. The Hall–Kier alpha value is -2.49. The van der Waals surface area contributed by atoms with Gasteiger partial charge >= 0.3 is 0 Å². The van der Waals surface area contributed by atoms with Crippen LogP contribution in [0.5, 0.6) is 0 Å². The van der Waals surface area contributed by atoms with Crippen molar-refractivity contribution in [3.05, 3.63) is 48.4 Å². The van der Waals surface area contributed by atoms with E-state index in [0.29, 0.717) is 18.4 Å². The number of rotatable bonds is 6. The smallest absolute Gasteiger partial charge is 0.240 e. The number of benzene rings is 1. The van der Waals surface area contributed by atoms with Crippen molar-refractivity contribution in [3.8, 4) is 0 Å². The SMILES string of the molecule is CN(c1ncnc2[nH]ccc12)C1CC(NS(=O)(=O)c2cccc(CO)c2)C1. The van der Waals surface area contributed by atoms with Gasteiger partial charge in [0.15, 0.2) is 0 Å². The van der Waals surface area contributed by atoms with E-state index in [1.165, 1.54) is 18.5 Å². The Morgan fingerprint density at radius 2 is 2.11 bits per heavy atom. The fourth-order valence-corrected chi connectivity index (χ4v) is 4.74. The van der Waals surface area contributed by atoms with Crippen molar-refractivity contribution in [2.45, 2.75) is 36.4 Å². The number of nitrogens with one attached hydrogen (secondary N) is 2. The molecule has 1 saturated carbocycles. The topological polar surface area (TPSA) is 111 Å². The predicted molar refractivity (Wildman–Crippen MR) is 102 cm³/mol. The average molecular weight is 387 g/mol. The molecule has 3 N–H and O–H groups in total. The number of aliphatic hydroxyl groups excluding tert-OH is 1. The normalized spacial score (nSPS) is 19.8. The summed E-state index contributed by atoms with van der Waals surface area (Å²) in [5.74, 6) is 0.836. The molecule has 0 amide bonds. The number of nitrogens with zero attached hydrogens (tertiary/aromatic N) is 3. The molecule has 1 fully saturated rings. The van der Waals surface area contributed by atoms with Gasteiger partial charge < -0.3 is 15.0 Å². The first-order valence-corrected chi connectivity index (χ1v) is 10.2. The molecule has 0 bridgehead atoms. The summed E-state index contributed by atoms with van der Waals surface area (Å²) in [5, 5.41) is 10.1. The van der Waals surface area contributed by atoms with E-state index in [1.54, 1.807) is 12.1 Å². The van der Waals surface area contributed by atoms with Gasteiger partial charge in [-0.3, -0.25) is 0 Å². The summed E-state index contributed by atoms with van der Waals surface area (Å²) in [6, 6.07) is 8.37. The third-order valence-corrected chi connectivity index (χ3v) is 6.56. The lowest BCUT2D eigenvalue weighted by atomic mass is 9.86. The zero-order valence-corrected chi connectivity index (χ0v) is 15.6. The third kappa shape index (κ3) is 3.41. The summed E-state index contributed by atoms with van der Waals surface area (Å²) >= 11 is 0. The number of hydrogen-bond donors (Lipinski definition) is 3. The molecule has 27 heavy (non-hydrogen) atoms. The molecule has 0 radical (unpaired) electrons. The van der Waals surface area contributed by atoms with Crippen molar-refractivity contribution in [1.82, 2.24) is 19.7 Å². The number of aliphatic hydroxyl groups is 1. The van der Waals surface area contributed by atoms with Crippen LogP contribution in [0.25, 0.3) is 11.0 Å². The number of sulfonamides is 1. The largest absolute Gasteiger partial charge is 0.392 e. The molecule has 1 aliphatic carbocycles. The number of anilines is 1. The lowest BCUT2D eigenvalue weighted by molar-refractivity contribution is 0.281. The van der Waals surface area contributed by atoms with E-state index >= 15 is 0 Å². The molecule has 1 aromatic carbocycles. The van der Waals surface area contributed by atoms with E-state index in [0.717, 1.165) is 16.9 Å². The molecular weight excluding hydrogens is 366 g/mol. The molecule has 0 aliphatic heterocycles. The highest BCUT2D eigenvalue weighted by Crippen LogP contribution is 2.31. The highest BCUT2D eigenvalue weighted by atomic mass is 32.2. The van der Waals surface area contributed by atoms with E-state index in [-0.39, 0.29) is 23.6 Å². The van der Waals surface area contributed by atoms with Gasteiger partial charge in [0, 0.05) is 25.3 Å². The number of H-pyrrole nitrogens is 1. The second-order valence-electron chi connectivity index (χ2n) is 6.80. The number of aromatic amines is 1. The quantitative estimate of drug-likeness (QED) is 0.589. The average Bonchev–Trinajstić information content (AvgIpc) is 3.12. The molecule has 8 nitrogen and oxygen atoms in total. The standard InChI is InChI=1S/C18H21N5O3S/c1-23(18-16-5-6-19-17(16)20-11-21-18)14-8-13(9-14)22-27(25,26)15-4-2-3-12(7-15)10-24/h2-7,11,13-14,22,24H,8-10H2,1H3,(H,19,20,21). The summed E-state index contributed by atoms with van der Waals surface area (Å²) in [7, 11) is -1.64. The second kappa shape index (κ2) is 6.91. The molecule has 2 aromatic heterocycles. The summed E-state index contributed by atoms with van der Waals surface area (Å²) in [6.07, 6.45) is 4.75. The number of fused-ring (bicyclic) bond motifs is 1. The third-order valence-electron chi connectivity index (χ3n) is 5.04. The highest BCUT2D eigenvalue weighted by molar-refractivity contribution is 7.89. The van der Waals surface area contributed by atoms with Gasteiger partial charge in [0.1, 0.15) is 17.8 Å². The zero-order chi connectivity index (χ0) is 19.0. The first-order valence-electron chi connectivity index (χ1n) is 8.71. The van der Waals surface area contributed by atoms with Gasteiger partial charge in [0.2, 0.25) is 10.0 Å². The van der Waals surface area contributed by atoms with E-state index in [4.69, 9.17) is 0 Å². The van der Waals surface area contributed by atoms with Crippen molar-refractivity contribution in [2.24, 2.45) is 0 Å². The maximum absolute atomic E-state index is 12.6. The van der Waals surface area contributed by atoms with Gasteiger partial charge in [-0.25, -0.2) is 23.1 Å². The van der Waals surface area contributed by atoms with Gasteiger partial charge in [-0.2, -0.15) is 0 Å². The van der Waals surface area contributed by atoms with Crippen molar-refractivity contribution in [2.75, 3.05) is 11.9 Å². The van der Waals surface area contributed by atoms with Crippen LogP contribution in [0.4, 0.5) is 5.82 Å². The summed E-state index contributed by atoms with van der Waals surface area (Å²) in [5.41, 5.74) is 1.36. The number of hydrogen-bond acceptors (Lipinski definition) is 6. The van der Waals surface area contributed by atoms with Crippen LogP contribution in [0.15, 0.2) is 47.8 Å². The minimum atomic E-state index is -3.60. The van der Waals surface area contributed by atoms with E-state index in [1.807, 2.05) is 19.3 Å². The highest BCUT2D eigenvalue weighted by Gasteiger charge is 2.36. The van der Waals surface area contributed by atoms with Gasteiger partial charge in [-0.15, -0.1) is 0 Å². The maximum atomic E-state index is 12.6. The molecule has 0 atom stereocenters. The summed E-state index contributed by atoms with van der Waals surface area (Å²) < 4.78 is 27.9. The lowest BCUT2D eigenvalue weighted by Gasteiger charge is -2.41. The molecule has 3 aromatic rings. The molecule has 0 saturated heterocycles. The van der Waals surface area contributed by atoms with E-state index in [9.17, 15) is 13.5 Å². The van der Waals surface area contributed by atoms with Crippen molar-refractivity contribution < 1.29 is 13.5 Å². The Kier molecular flexibility index (Phi) is 4.58. The first-order chi connectivity index (χ1) is 13.0. The Morgan fingerprint density at radius 1 is 1.30 bits per heavy atom. The van der Waals surface area contributed by atoms with Gasteiger partial charge in [0.25, 0.3) is 0 Å². The van der Waals surface area contributed by atoms with Crippen LogP contribution in [-0.2, 0) is 16.6 Å². The van der Waals surface area contributed by atoms with Crippen molar-refractivity contribution in [1.29, 1.82) is 0 Å². The van der Waals surface area contributed by atoms with Crippen LogP contribution in [0.2, 0.25) is 0 Å². The molecular formula is C18H21N5O3S. The molecule has 9 heteroatoms. The van der Waals surface area contributed by atoms with Crippen molar-refractivity contribution >= 4 is 26.9 Å². The first kappa shape index (κ1) is 17.9. The minimum absolute atomic E-state index is 0.121. The van der Waals surface area contributed by atoms with Gasteiger partial charge in [0.05, 0.1) is 16.9 Å². The molecule has 2 heterocycles. The Labute approximate surface area is 157 Å². The molecule has 0 spiro atoms. The maximum Gasteiger partial charge on any atom is 0.240 e. The minimum Gasteiger partial charge on any atom is -0.392 e. The van der Waals surface area contributed by atoms with Crippen LogP contribution in [-0.4, -0.2) is 47.6 Å². The fraction of sp³-hybridized carbons (Fsp3) is 0.333. The van der Waals surface area contributed by atoms with Crippen LogP contribution < -0.4 is 9.62 Å². The predicted octanol–water partition coefficient (Wildman–Crippen LogP) is 1.40. The van der Waals surface area contributed by atoms with Crippen LogP contribution >= 0.6 is 0 Å². The fourth-order valence-electron chi connectivity index (χ4n) is 3.41.